The summed E-state index contributed by atoms with van der Waals surface area (Å²) in [6.45, 7) is 6.56. The lowest BCUT2D eigenvalue weighted by Gasteiger charge is -2.17. The molecule has 2 heterocycles. The van der Waals surface area contributed by atoms with Gasteiger partial charge in [-0.1, -0.05) is 19.9 Å². The van der Waals surface area contributed by atoms with Gasteiger partial charge in [0.2, 0.25) is 0 Å². The van der Waals surface area contributed by atoms with Gasteiger partial charge in [0, 0.05) is 18.0 Å². The van der Waals surface area contributed by atoms with Gasteiger partial charge in [-0.2, -0.15) is 0 Å². The molecule has 0 fully saturated rings. The third-order valence-corrected chi connectivity index (χ3v) is 3.60. The Morgan fingerprint density at radius 1 is 1.26 bits per heavy atom. The highest BCUT2D eigenvalue weighted by Gasteiger charge is 2.14. The van der Waals surface area contributed by atoms with Crippen molar-refractivity contribution in [3.8, 4) is 0 Å². The van der Waals surface area contributed by atoms with E-state index in [-0.39, 0.29) is 6.04 Å². The van der Waals surface area contributed by atoms with Gasteiger partial charge in [-0.05, 0) is 29.5 Å². The second kappa shape index (κ2) is 7.48. The van der Waals surface area contributed by atoms with Crippen LogP contribution in [0, 0.1) is 5.92 Å². The highest BCUT2D eigenvalue weighted by molar-refractivity contribution is 7.09. The standard InChI is InChI=1S/C15H21NO2S/c1-12(2)10-17-11-14(15-6-3-7-18-15)16-9-13-5-4-8-19-13/h3-8,12,14,16H,9-11H2,1-2H3. The molecule has 0 aliphatic carbocycles. The number of ether oxygens (including phenoxy) is 1. The minimum atomic E-state index is 0.107. The van der Waals surface area contributed by atoms with Crippen LogP contribution in [0.4, 0.5) is 0 Å². The summed E-state index contributed by atoms with van der Waals surface area (Å²) in [6.07, 6.45) is 1.71. The van der Waals surface area contributed by atoms with Gasteiger partial charge in [0.25, 0.3) is 0 Å². The van der Waals surface area contributed by atoms with Crippen molar-refractivity contribution in [1.29, 1.82) is 0 Å². The molecule has 1 N–H and O–H groups in total. The number of furan rings is 1. The summed E-state index contributed by atoms with van der Waals surface area (Å²) in [4.78, 5) is 1.32. The average molecular weight is 279 g/mol. The molecule has 0 amide bonds. The molecule has 4 heteroatoms. The fourth-order valence-corrected chi connectivity index (χ4v) is 2.45. The second-order valence-corrected chi connectivity index (χ2v) is 5.99. The molecule has 0 bridgehead atoms. The van der Waals surface area contributed by atoms with Gasteiger partial charge in [0.05, 0.1) is 18.9 Å². The van der Waals surface area contributed by atoms with E-state index in [1.54, 1.807) is 17.6 Å². The number of hydrogen-bond donors (Lipinski definition) is 1. The third-order valence-electron chi connectivity index (χ3n) is 2.73. The summed E-state index contributed by atoms with van der Waals surface area (Å²) >= 11 is 1.76. The number of thiophene rings is 1. The molecule has 1 atom stereocenters. The summed E-state index contributed by atoms with van der Waals surface area (Å²) in [7, 11) is 0. The van der Waals surface area contributed by atoms with Crippen LogP contribution in [-0.4, -0.2) is 13.2 Å². The van der Waals surface area contributed by atoms with Crippen molar-refractivity contribution in [3.63, 3.8) is 0 Å². The molecule has 0 saturated carbocycles. The smallest absolute Gasteiger partial charge is 0.123 e. The molecule has 104 valence electrons. The van der Waals surface area contributed by atoms with E-state index in [0.717, 1.165) is 18.9 Å². The molecule has 1 unspecified atom stereocenters. The minimum absolute atomic E-state index is 0.107. The first-order valence-corrected chi connectivity index (χ1v) is 7.50. The van der Waals surface area contributed by atoms with Gasteiger partial charge in [-0.3, -0.25) is 0 Å². The Bertz CT molecular complexity index is 437. The molecule has 2 aromatic rings. The predicted octanol–water partition coefficient (Wildman–Crippen LogP) is 3.84. The highest BCUT2D eigenvalue weighted by atomic mass is 32.1. The summed E-state index contributed by atoms with van der Waals surface area (Å²) < 4.78 is 11.2. The monoisotopic (exact) mass is 279 g/mol. The molecular weight excluding hydrogens is 258 g/mol. The summed E-state index contributed by atoms with van der Waals surface area (Å²) in [6, 6.07) is 8.21. The van der Waals surface area contributed by atoms with Crippen LogP contribution in [0.3, 0.4) is 0 Å². The van der Waals surface area contributed by atoms with Gasteiger partial charge in [0.1, 0.15) is 5.76 Å². The van der Waals surface area contributed by atoms with Crippen LogP contribution < -0.4 is 5.32 Å². The molecule has 0 aliphatic rings. The summed E-state index contributed by atoms with van der Waals surface area (Å²) in [5.74, 6) is 1.48. The van der Waals surface area contributed by atoms with Crippen molar-refractivity contribution in [2.75, 3.05) is 13.2 Å². The third kappa shape index (κ3) is 4.82. The normalized spacial score (nSPS) is 13.0. The SMILES string of the molecule is CC(C)COCC(NCc1cccs1)c1ccco1. The lowest BCUT2D eigenvalue weighted by molar-refractivity contribution is 0.0845. The number of rotatable bonds is 8. The van der Waals surface area contributed by atoms with Crippen molar-refractivity contribution in [2.45, 2.75) is 26.4 Å². The Morgan fingerprint density at radius 3 is 2.79 bits per heavy atom. The van der Waals surface area contributed by atoms with Gasteiger partial charge in [0.15, 0.2) is 0 Å². The van der Waals surface area contributed by atoms with E-state index in [9.17, 15) is 0 Å². The zero-order valence-electron chi connectivity index (χ0n) is 11.5. The lowest BCUT2D eigenvalue weighted by Crippen LogP contribution is -2.25. The van der Waals surface area contributed by atoms with Crippen molar-refractivity contribution < 1.29 is 9.15 Å². The maximum atomic E-state index is 5.73. The molecule has 2 rings (SSSR count). The molecule has 19 heavy (non-hydrogen) atoms. The fraction of sp³-hybridized carbons (Fsp3) is 0.467. The Kier molecular flexibility index (Phi) is 5.63. The molecule has 0 aromatic carbocycles. The molecule has 3 nitrogen and oxygen atoms in total. The van der Waals surface area contributed by atoms with Gasteiger partial charge in [-0.25, -0.2) is 0 Å². The predicted molar refractivity (Wildman–Crippen MR) is 78.3 cm³/mol. The van der Waals surface area contributed by atoms with E-state index in [0.29, 0.717) is 12.5 Å². The Hall–Kier alpha value is -1.10. The topological polar surface area (TPSA) is 34.4 Å². The van der Waals surface area contributed by atoms with Crippen LogP contribution in [0.15, 0.2) is 40.3 Å². The van der Waals surface area contributed by atoms with Gasteiger partial charge < -0.3 is 14.5 Å². The Labute approximate surface area is 118 Å². The Balaban J connectivity index is 1.87. The van der Waals surface area contributed by atoms with E-state index in [4.69, 9.17) is 9.15 Å². The van der Waals surface area contributed by atoms with Crippen molar-refractivity contribution in [2.24, 2.45) is 5.92 Å². The quantitative estimate of drug-likeness (QED) is 0.797. The molecule has 0 aliphatic heterocycles. The lowest BCUT2D eigenvalue weighted by atomic mass is 10.2. The maximum absolute atomic E-state index is 5.73. The van der Waals surface area contributed by atoms with Gasteiger partial charge >= 0.3 is 0 Å². The zero-order chi connectivity index (χ0) is 13.5. The van der Waals surface area contributed by atoms with E-state index >= 15 is 0 Å². The molecule has 0 spiro atoms. The van der Waals surface area contributed by atoms with Crippen LogP contribution in [0.25, 0.3) is 0 Å². The maximum Gasteiger partial charge on any atom is 0.123 e. The second-order valence-electron chi connectivity index (χ2n) is 4.96. The van der Waals surface area contributed by atoms with E-state index in [2.05, 4.69) is 36.7 Å². The molecule has 0 radical (unpaired) electrons. The first kappa shape index (κ1) is 14.3. The first-order valence-electron chi connectivity index (χ1n) is 6.62. The molecular formula is C15H21NO2S. The zero-order valence-corrected chi connectivity index (χ0v) is 12.3. The van der Waals surface area contributed by atoms with Crippen LogP contribution >= 0.6 is 11.3 Å². The number of nitrogens with one attached hydrogen (secondary N) is 1. The first-order chi connectivity index (χ1) is 9.25. The summed E-state index contributed by atoms with van der Waals surface area (Å²) in [5.41, 5.74) is 0. The fourth-order valence-electron chi connectivity index (χ4n) is 1.79. The van der Waals surface area contributed by atoms with E-state index in [1.165, 1.54) is 4.88 Å². The highest BCUT2D eigenvalue weighted by Crippen LogP contribution is 2.16. The van der Waals surface area contributed by atoms with Crippen molar-refractivity contribution >= 4 is 11.3 Å². The molecule has 0 saturated heterocycles. The van der Waals surface area contributed by atoms with Gasteiger partial charge in [-0.15, -0.1) is 11.3 Å². The van der Waals surface area contributed by atoms with Crippen LogP contribution in [0.5, 0.6) is 0 Å². The van der Waals surface area contributed by atoms with E-state index in [1.807, 2.05) is 12.1 Å². The summed E-state index contributed by atoms with van der Waals surface area (Å²) in [5, 5.41) is 5.58. The average Bonchev–Trinajstić information content (AvgIpc) is 3.05. The van der Waals surface area contributed by atoms with Crippen LogP contribution in [-0.2, 0) is 11.3 Å². The van der Waals surface area contributed by atoms with E-state index < -0.39 is 0 Å². The Morgan fingerprint density at radius 2 is 2.16 bits per heavy atom. The number of hydrogen-bond acceptors (Lipinski definition) is 4. The largest absolute Gasteiger partial charge is 0.468 e. The van der Waals surface area contributed by atoms with Crippen LogP contribution in [0.1, 0.15) is 30.5 Å². The molecule has 2 aromatic heterocycles. The minimum Gasteiger partial charge on any atom is -0.468 e. The van der Waals surface area contributed by atoms with Crippen molar-refractivity contribution in [1.82, 2.24) is 5.32 Å². The van der Waals surface area contributed by atoms with Crippen LogP contribution in [0.2, 0.25) is 0 Å². The van der Waals surface area contributed by atoms with Crippen molar-refractivity contribution in [3.05, 3.63) is 46.5 Å².